The summed E-state index contributed by atoms with van der Waals surface area (Å²) in [4.78, 5) is 27.5. The number of pyridine rings is 1. The molecule has 0 aliphatic carbocycles. The average Bonchev–Trinajstić information content (AvgIpc) is 3.06. The molecule has 248 valence electrons. The van der Waals surface area contributed by atoms with Crippen molar-refractivity contribution >= 4 is 34.3 Å². The molecule has 0 saturated heterocycles. The lowest BCUT2D eigenvalue weighted by molar-refractivity contribution is -0.128. The Morgan fingerprint density at radius 3 is 2.31 bits per heavy atom. The summed E-state index contributed by atoms with van der Waals surface area (Å²) in [5.41, 5.74) is 11.3. The van der Waals surface area contributed by atoms with E-state index in [0.29, 0.717) is 36.2 Å². The summed E-state index contributed by atoms with van der Waals surface area (Å²) < 4.78 is 11.3. The van der Waals surface area contributed by atoms with E-state index < -0.39 is 17.6 Å². The van der Waals surface area contributed by atoms with E-state index in [-0.39, 0.29) is 11.3 Å². The van der Waals surface area contributed by atoms with Gasteiger partial charge in [0, 0.05) is 41.0 Å². The Labute approximate surface area is 280 Å². The van der Waals surface area contributed by atoms with Gasteiger partial charge in [-0.05, 0) is 105 Å². The highest BCUT2D eigenvalue weighted by molar-refractivity contribution is 5.93. The van der Waals surface area contributed by atoms with Gasteiger partial charge in [-0.25, -0.2) is 4.79 Å². The first kappa shape index (κ1) is 34.1. The van der Waals surface area contributed by atoms with Crippen molar-refractivity contribution in [3.63, 3.8) is 0 Å². The van der Waals surface area contributed by atoms with E-state index in [4.69, 9.17) is 15.2 Å². The van der Waals surface area contributed by atoms with Gasteiger partial charge in [-0.2, -0.15) is 0 Å². The molecule has 0 bridgehead atoms. The molecule has 48 heavy (non-hydrogen) atoms. The monoisotopic (exact) mass is 646 g/mol. The number of ether oxygens (including phenoxy) is 2. The number of nitrogens with one attached hydrogen (secondary N) is 3. The quantitative estimate of drug-likeness (QED) is 0.0417. The minimum absolute atomic E-state index is 0.209. The number of rotatable bonds is 14. The lowest BCUT2D eigenvalue weighted by Crippen LogP contribution is -2.38. The smallest absolute Gasteiger partial charge is 0.336 e. The molecular weight excluding hydrogens is 604 g/mol. The molecule has 0 aliphatic heterocycles. The number of carbonyl (C=O) groups excluding carboxylic acids is 1. The van der Waals surface area contributed by atoms with Crippen molar-refractivity contribution in [3.05, 3.63) is 136 Å². The van der Waals surface area contributed by atoms with Crippen LogP contribution in [-0.4, -0.2) is 41.3 Å². The first-order chi connectivity index (χ1) is 23.0. The first-order valence-corrected chi connectivity index (χ1v) is 15.9. The molecule has 0 radical (unpaired) electrons. The highest BCUT2D eigenvalue weighted by Crippen LogP contribution is 2.30. The Bertz CT molecular complexity index is 1910. The predicted molar refractivity (Wildman–Crippen MR) is 192 cm³/mol. The molecular formula is C39H42N4O5. The number of hydrogen-bond donors (Lipinski definition) is 5. The molecule has 9 nitrogen and oxygen atoms in total. The number of hydrogen-bond acceptors (Lipinski definition) is 8. The van der Waals surface area contributed by atoms with E-state index in [0.717, 1.165) is 40.2 Å². The molecule has 0 saturated carbocycles. The minimum Gasteiger partial charge on any atom is -0.492 e. The van der Waals surface area contributed by atoms with Crippen LogP contribution in [0.5, 0.6) is 11.5 Å². The van der Waals surface area contributed by atoms with E-state index in [1.54, 1.807) is 24.3 Å². The number of aromatic amines is 1. The highest BCUT2D eigenvalue weighted by Gasteiger charge is 2.16. The van der Waals surface area contributed by atoms with Crippen LogP contribution in [-0.2, 0) is 11.2 Å². The van der Waals surface area contributed by atoms with E-state index in [2.05, 4.69) is 27.8 Å². The number of nitrogens with two attached hydrogens (primary N) is 1. The largest absolute Gasteiger partial charge is 0.492 e. The molecule has 6 N–H and O–H groups in total. The van der Waals surface area contributed by atoms with Gasteiger partial charge in [-0.3, -0.25) is 4.79 Å². The Balaban J connectivity index is 1.12. The fraction of sp³-hybridized carbons (Fsp3) is 0.231. The van der Waals surface area contributed by atoms with Crippen LogP contribution in [0.25, 0.3) is 17.0 Å². The van der Waals surface area contributed by atoms with Crippen LogP contribution in [0.1, 0.15) is 42.2 Å². The third-order valence-electron chi connectivity index (χ3n) is 7.59. The number of aromatic nitrogens is 1. The second-order valence-corrected chi connectivity index (χ2v) is 12.5. The molecule has 0 unspecified atom stereocenters. The summed E-state index contributed by atoms with van der Waals surface area (Å²) in [5, 5.41) is 18.4. The molecule has 1 atom stereocenters. The highest BCUT2D eigenvalue weighted by atomic mass is 16.5. The fourth-order valence-electron chi connectivity index (χ4n) is 5.01. The van der Waals surface area contributed by atoms with Crippen LogP contribution in [0.15, 0.2) is 108 Å². The minimum atomic E-state index is -0.852. The number of esters is 1. The maximum Gasteiger partial charge on any atom is 0.336 e. The van der Waals surface area contributed by atoms with Gasteiger partial charge in [0.2, 0.25) is 5.56 Å². The maximum atomic E-state index is 12.6. The van der Waals surface area contributed by atoms with Gasteiger partial charge in [0.1, 0.15) is 12.4 Å². The van der Waals surface area contributed by atoms with Gasteiger partial charge in [0.15, 0.2) is 5.75 Å². The van der Waals surface area contributed by atoms with Crippen LogP contribution in [0.4, 0.5) is 11.4 Å². The number of aryl methyl sites for hydroxylation is 1. The SMILES string of the molecule is Cc1ccc(C=CC(=O)Oc2ccc([C@@H](O)CNCCc3ccc(Nc4ccc(OCC(C)(C)N)cc4)cc3)c3ccc(=O)[nH]c23)cc1. The molecule has 0 aliphatic rings. The molecule has 5 aromatic rings. The predicted octanol–water partition coefficient (Wildman–Crippen LogP) is 6.18. The lowest BCUT2D eigenvalue weighted by atomic mass is 10.0. The zero-order chi connectivity index (χ0) is 34.1. The molecule has 0 fully saturated rings. The van der Waals surface area contributed by atoms with Crippen LogP contribution >= 0.6 is 0 Å². The fourth-order valence-corrected chi connectivity index (χ4v) is 5.01. The molecule has 0 spiro atoms. The van der Waals surface area contributed by atoms with E-state index in [1.807, 2.05) is 81.4 Å². The van der Waals surface area contributed by atoms with E-state index in [9.17, 15) is 14.7 Å². The number of anilines is 2. The van der Waals surface area contributed by atoms with Gasteiger partial charge in [0.05, 0.1) is 11.6 Å². The summed E-state index contributed by atoms with van der Waals surface area (Å²) in [6.07, 6.45) is 2.93. The second-order valence-electron chi connectivity index (χ2n) is 12.5. The topological polar surface area (TPSA) is 139 Å². The molecule has 9 heteroatoms. The summed E-state index contributed by atoms with van der Waals surface area (Å²) in [6.45, 7) is 7.24. The van der Waals surface area contributed by atoms with Crippen LogP contribution in [0.3, 0.4) is 0 Å². The zero-order valence-electron chi connectivity index (χ0n) is 27.5. The zero-order valence-corrected chi connectivity index (χ0v) is 27.5. The third-order valence-corrected chi connectivity index (χ3v) is 7.59. The number of aliphatic hydroxyl groups is 1. The van der Waals surface area contributed by atoms with Crippen molar-refractivity contribution in [2.75, 3.05) is 25.0 Å². The number of H-pyrrole nitrogens is 1. The van der Waals surface area contributed by atoms with E-state index in [1.165, 1.54) is 12.1 Å². The van der Waals surface area contributed by atoms with Crippen molar-refractivity contribution in [1.29, 1.82) is 0 Å². The van der Waals surface area contributed by atoms with Gasteiger partial charge < -0.3 is 35.9 Å². The summed E-state index contributed by atoms with van der Waals surface area (Å²) >= 11 is 0. The first-order valence-electron chi connectivity index (χ1n) is 15.9. The van der Waals surface area contributed by atoms with Crippen LogP contribution in [0.2, 0.25) is 0 Å². The van der Waals surface area contributed by atoms with Gasteiger partial charge >= 0.3 is 5.97 Å². The molecule has 0 amide bonds. The van der Waals surface area contributed by atoms with Crippen molar-refractivity contribution in [2.24, 2.45) is 5.73 Å². The summed E-state index contributed by atoms with van der Waals surface area (Å²) in [5.74, 6) is 0.406. The Morgan fingerprint density at radius 2 is 1.62 bits per heavy atom. The van der Waals surface area contributed by atoms with Crippen molar-refractivity contribution in [3.8, 4) is 11.5 Å². The second kappa shape index (κ2) is 15.6. The lowest BCUT2D eigenvalue weighted by Gasteiger charge is -2.19. The molecule has 1 heterocycles. The number of benzene rings is 4. The summed E-state index contributed by atoms with van der Waals surface area (Å²) in [6, 6.07) is 30.0. The average molecular weight is 647 g/mol. The maximum absolute atomic E-state index is 12.6. The third kappa shape index (κ3) is 9.89. The number of carbonyl (C=O) groups is 1. The van der Waals surface area contributed by atoms with Crippen LogP contribution < -0.4 is 31.4 Å². The number of fused-ring (bicyclic) bond motifs is 1. The Morgan fingerprint density at radius 1 is 0.938 bits per heavy atom. The van der Waals surface area contributed by atoms with Crippen molar-refractivity contribution < 1.29 is 19.4 Å². The number of aliphatic hydroxyl groups excluding tert-OH is 1. The molecule has 5 rings (SSSR count). The van der Waals surface area contributed by atoms with Crippen LogP contribution in [0, 0.1) is 6.92 Å². The standard InChI is InChI=1S/C39H42N4O5/c1-26-4-6-27(7-5-26)10-21-37(46)48-35-19-17-32(33-18-20-36(45)43-38(33)35)34(44)24-41-23-22-28-8-11-29(12-9-28)42-30-13-15-31(16-14-30)47-25-39(2,3)40/h4-21,34,41-42,44H,22-25,40H2,1-3H3,(H,43,45)/t34-/m0/s1. The van der Waals surface area contributed by atoms with Crippen molar-refractivity contribution in [2.45, 2.75) is 38.8 Å². The van der Waals surface area contributed by atoms with E-state index >= 15 is 0 Å². The van der Waals surface area contributed by atoms with Gasteiger partial charge in [-0.1, -0.05) is 48.0 Å². The Kier molecular flexibility index (Phi) is 11.1. The molecule has 1 aromatic heterocycles. The normalized spacial score (nSPS) is 12.3. The summed E-state index contributed by atoms with van der Waals surface area (Å²) in [7, 11) is 0. The Hall–Kier alpha value is -5.22. The van der Waals surface area contributed by atoms with Gasteiger partial charge in [-0.15, -0.1) is 0 Å². The molecule has 4 aromatic carbocycles. The van der Waals surface area contributed by atoms with Crippen molar-refractivity contribution in [1.82, 2.24) is 10.3 Å². The van der Waals surface area contributed by atoms with Gasteiger partial charge in [0.25, 0.3) is 0 Å².